The van der Waals surface area contributed by atoms with Gasteiger partial charge >= 0.3 is 0 Å². The average molecular weight is 309 g/mol. The molecule has 2 atom stereocenters. The number of rotatable bonds is 7. The lowest BCUT2D eigenvalue weighted by molar-refractivity contribution is 0.189. The molecule has 0 saturated heterocycles. The van der Waals surface area contributed by atoms with E-state index < -0.39 is 0 Å². The molecule has 0 bridgehead atoms. The van der Waals surface area contributed by atoms with Crippen molar-refractivity contribution in [1.29, 1.82) is 0 Å². The monoisotopic (exact) mass is 308 g/mol. The summed E-state index contributed by atoms with van der Waals surface area (Å²) in [7, 11) is 2.22. The van der Waals surface area contributed by atoms with Crippen LogP contribution in [0.2, 0.25) is 0 Å². The molecule has 0 saturated carbocycles. The minimum absolute atomic E-state index is 0.309. The third-order valence-corrected chi connectivity index (χ3v) is 5.69. The van der Waals surface area contributed by atoms with Gasteiger partial charge < -0.3 is 5.73 Å². The molecule has 0 aliphatic rings. The van der Waals surface area contributed by atoms with Crippen LogP contribution in [-0.4, -0.2) is 36.5 Å². The highest BCUT2D eigenvalue weighted by atomic mass is 32.2. The summed E-state index contributed by atoms with van der Waals surface area (Å²) in [6, 6.07) is 9.52. The third kappa shape index (κ3) is 3.19. The molecular formula is C16H24N2S2. The van der Waals surface area contributed by atoms with Gasteiger partial charge in [-0.2, -0.15) is 11.8 Å². The predicted molar refractivity (Wildman–Crippen MR) is 93.8 cm³/mol. The first-order valence-corrected chi connectivity index (χ1v) is 9.37. The van der Waals surface area contributed by atoms with Crippen LogP contribution in [0.15, 0.2) is 29.6 Å². The highest BCUT2D eigenvalue weighted by molar-refractivity contribution is 7.98. The van der Waals surface area contributed by atoms with Crippen LogP contribution in [0.1, 0.15) is 24.9 Å². The number of hydrogen-bond donors (Lipinski definition) is 1. The van der Waals surface area contributed by atoms with Crippen LogP contribution in [-0.2, 0) is 0 Å². The van der Waals surface area contributed by atoms with Crippen LogP contribution in [0.25, 0.3) is 10.1 Å². The fourth-order valence-corrected chi connectivity index (χ4v) is 4.60. The fourth-order valence-electron chi connectivity index (χ4n) is 2.74. The molecule has 2 rings (SSSR count). The minimum Gasteiger partial charge on any atom is -0.329 e. The Morgan fingerprint density at radius 1 is 1.35 bits per heavy atom. The summed E-state index contributed by atoms with van der Waals surface area (Å²) in [5.41, 5.74) is 7.49. The Labute approximate surface area is 130 Å². The summed E-state index contributed by atoms with van der Waals surface area (Å²) < 4.78 is 1.35. The van der Waals surface area contributed by atoms with Crippen molar-refractivity contribution in [3.8, 4) is 0 Å². The Morgan fingerprint density at radius 3 is 2.75 bits per heavy atom. The van der Waals surface area contributed by atoms with E-state index in [0.29, 0.717) is 18.6 Å². The fraction of sp³-hybridized carbons (Fsp3) is 0.500. The minimum atomic E-state index is 0.309. The van der Waals surface area contributed by atoms with Crippen molar-refractivity contribution in [2.24, 2.45) is 5.73 Å². The lowest BCUT2D eigenvalue weighted by atomic mass is 10.0. The lowest BCUT2D eigenvalue weighted by Crippen LogP contribution is -2.39. The van der Waals surface area contributed by atoms with Crippen molar-refractivity contribution in [2.75, 3.05) is 25.6 Å². The Balaban J connectivity index is 2.31. The van der Waals surface area contributed by atoms with Gasteiger partial charge in [0.1, 0.15) is 0 Å². The van der Waals surface area contributed by atoms with E-state index >= 15 is 0 Å². The molecule has 0 amide bonds. The molecule has 2 unspecified atom stereocenters. The van der Waals surface area contributed by atoms with Gasteiger partial charge in [-0.25, -0.2) is 0 Å². The summed E-state index contributed by atoms with van der Waals surface area (Å²) in [6.45, 7) is 2.93. The van der Waals surface area contributed by atoms with E-state index in [1.165, 1.54) is 15.6 Å². The van der Waals surface area contributed by atoms with E-state index in [9.17, 15) is 0 Å². The molecule has 0 spiro atoms. The van der Waals surface area contributed by atoms with Gasteiger partial charge in [0.05, 0.1) is 0 Å². The van der Waals surface area contributed by atoms with Crippen molar-refractivity contribution in [3.63, 3.8) is 0 Å². The zero-order valence-corrected chi connectivity index (χ0v) is 14.1. The third-order valence-electron chi connectivity index (χ3n) is 3.99. The Hall–Kier alpha value is -0.550. The van der Waals surface area contributed by atoms with Crippen molar-refractivity contribution < 1.29 is 0 Å². The van der Waals surface area contributed by atoms with Gasteiger partial charge in [-0.15, -0.1) is 11.3 Å². The topological polar surface area (TPSA) is 29.3 Å². The van der Waals surface area contributed by atoms with Crippen LogP contribution in [0, 0.1) is 0 Å². The number of likely N-dealkylation sites (N-methyl/N-ethyl adjacent to an activating group) is 1. The number of benzene rings is 1. The second-order valence-electron chi connectivity index (χ2n) is 5.12. The van der Waals surface area contributed by atoms with Gasteiger partial charge in [0.15, 0.2) is 0 Å². The smallest absolute Gasteiger partial charge is 0.0485 e. The van der Waals surface area contributed by atoms with Crippen LogP contribution in [0.3, 0.4) is 0 Å². The maximum atomic E-state index is 6.10. The van der Waals surface area contributed by atoms with Crippen LogP contribution >= 0.6 is 23.1 Å². The van der Waals surface area contributed by atoms with Gasteiger partial charge in [0, 0.05) is 29.1 Å². The van der Waals surface area contributed by atoms with Crippen molar-refractivity contribution in [1.82, 2.24) is 4.90 Å². The molecule has 1 aromatic heterocycles. The quantitative estimate of drug-likeness (QED) is 0.839. The van der Waals surface area contributed by atoms with Crippen molar-refractivity contribution in [3.05, 3.63) is 35.2 Å². The first-order chi connectivity index (χ1) is 9.72. The molecular weight excluding hydrogens is 284 g/mol. The Morgan fingerprint density at radius 2 is 2.10 bits per heavy atom. The molecule has 110 valence electrons. The number of hydrogen-bond acceptors (Lipinski definition) is 4. The summed E-state index contributed by atoms with van der Waals surface area (Å²) in [5, 5.41) is 3.64. The molecule has 1 heterocycles. The maximum absolute atomic E-state index is 6.10. The first kappa shape index (κ1) is 15.8. The van der Waals surface area contributed by atoms with Crippen LogP contribution in [0.4, 0.5) is 0 Å². The van der Waals surface area contributed by atoms with E-state index in [2.05, 4.69) is 54.8 Å². The maximum Gasteiger partial charge on any atom is 0.0485 e. The van der Waals surface area contributed by atoms with E-state index in [0.717, 1.165) is 12.2 Å². The van der Waals surface area contributed by atoms with Gasteiger partial charge in [0.25, 0.3) is 0 Å². The van der Waals surface area contributed by atoms with Crippen LogP contribution in [0.5, 0.6) is 0 Å². The van der Waals surface area contributed by atoms with Crippen LogP contribution < -0.4 is 5.73 Å². The average Bonchev–Trinajstić information content (AvgIpc) is 2.89. The molecule has 0 radical (unpaired) electrons. The van der Waals surface area contributed by atoms with Gasteiger partial charge in [-0.05, 0) is 42.1 Å². The largest absolute Gasteiger partial charge is 0.329 e. The van der Waals surface area contributed by atoms with Gasteiger partial charge in [-0.3, -0.25) is 4.90 Å². The van der Waals surface area contributed by atoms with Crippen molar-refractivity contribution in [2.45, 2.75) is 25.4 Å². The molecule has 2 nitrogen and oxygen atoms in total. The number of fused-ring (bicyclic) bond motifs is 1. The van der Waals surface area contributed by atoms with Gasteiger partial charge in [0.2, 0.25) is 0 Å². The molecule has 0 fully saturated rings. The lowest BCUT2D eigenvalue weighted by Gasteiger charge is -2.34. The normalized spacial score (nSPS) is 14.8. The van der Waals surface area contributed by atoms with E-state index in [-0.39, 0.29) is 0 Å². The zero-order valence-electron chi connectivity index (χ0n) is 12.5. The highest BCUT2D eigenvalue weighted by Crippen LogP contribution is 2.33. The standard InChI is InChI=1S/C16H24N2S2/c1-4-12(10-19-3)18(2)15(9-17)14-11-20-16-8-6-5-7-13(14)16/h5-8,11-12,15H,4,9-10,17H2,1-3H3. The SMILES string of the molecule is CCC(CSC)N(C)C(CN)c1csc2ccccc12. The molecule has 0 aliphatic carbocycles. The van der Waals surface area contributed by atoms with E-state index in [4.69, 9.17) is 5.73 Å². The molecule has 0 aliphatic heterocycles. The number of thioether (sulfide) groups is 1. The highest BCUT2D eigenvalue weighted by Gasteiger charge is 2.24. The van der Waals surface area contributed by atoms with Crippen molar-refractivity contribution >= 4 is 33.2 Å². The van der Waals surface area contributed by atoms with E-state index in [1.807, 2.05) is 23.1 Å². The number of nitrogens with two attached hydrogens (primary N) is 1. The molecule has 20 heavy (non-hydrogen) atoms. The first-order valence-electron chi connectivity index (χ1n) is 7.10. The number of nitrogens with zero attached hydrogens (tertiary/aromatic N) is 1. The second-order valence-corrected chi connectivity index (χ2v) is 6.94. The summed E-state index contributed by atoms with van der Waals surface area (Å²) >= 11 is 3.73. The summed E-state index contributed by atoms with van der Waals surface area (Å²) in [6.07, 6.45) is 3.34. The summed E-state index contributed by atoms with van der Waals surface area (Å²) in [5.74, 6) is 1.16. The zero-order chi connectivity index (χ0) is 14.5. The Bertz CT molecular complexity index is 538. The molecule has 1 aromatic carbocycles. The summed E-state index contributed by atoms with van der Waals surface area (Å²) in [4.78, 5) is 2.46. The number of thiophene rings is 1. The molecule has 2 aromatic rings. The predicted octanol–water partition coefficient (Wildman–Crippen LogP) is 3.97. The molecule has 2 N–H and O–H groups in total. The second kappa shape index (κ2) is 7.46. The van der Waals surface area contributed by atoms with E-state index in [1.54, 1.807) is 0 Å². The molecule has 4 heteroatoms. The Kier molecular flexibility index (Phi) is 5.90. The van der Waals surface area contributed by atoms with Gasteiger partial charge in [-0.1, -0.05) is 25.1 Å².